The zero-order valence-corrected chi connectivity index (χ0v) is 13.5. The maximum absolute atomic E-state index is 11.7. The lowest BCUT2D eigenvalue weighted by Crippen LogP contribution is -1.99. The van der Waals surface area contributed by atoms with E-state index in [1.54, 1.807) is 0 Å². The fourth-order valence-electron chi connectivity index (χ4n) is 3.34. The molecule has 0 bridgehead atoms. The van der Waals surface area contributed by atoms with Crippen molar-refractivity contribution in [3.8, 4) is 11.1 Å². The number of imidazole rings is 1. The van der Waals surface area contributed by atoms with E-state index in [9.17, 15) is 4.79 Å². The highest BCUT2D eigenvalue weighted by atomic mass is 16.1. The molecule has 5 rings (SSSR count). The largest absolute Gasteiger partial charge is 0.323 e. The van der Waals surface area contributed by atoms with Gasteiger partial charge in [0.05, 0.1) is 27.8 Å². The van der Waals surface area contributed by atoms with Crippen LogP contribution in [0, 0.1) is 6.92 Å². The second-order valence-corrected chi connectivity index (χ2v) is 6.17. The molecule has 2 aromatic carbocycles. The molecule has 25 heavy (non-hydrogen) atoms. The molecule has 0 saturated heterocycles. The number of nitrogens with one attached hydrogen (secondary N) is 2. The van der Waals surface area contributed by atoms with Gasteiger partial charge in [-0.2, -0.15) is 0 Å². The summed E-state index contributed by atoms with van der Waals surface area (Å²) >= 11 is 0. The molecule has 0 aliphatic carbocycles. The van der Waals surface area contributed by atoms with Gasteiger partial charge in [0.15, 0.2) is 0 Å². The molecule has 0 aliphatic rings. The van der Waals surface area contributed by atoms with E-state index in [1.807, 2.05) is 43.5 Å². The van der Waals surface area contributed by atoms with Crippen molar-refractivity contribution < 1.29 is 0 Å². The van der Waals surface area contributed by atoms with E-state index < -0.39 is 0 Å². The van der Waals surface area contributed by atoms with Crippen molar-refractivity contribution in [3.63, 3.8) is 0 Å². The van der Waals surface area contributed by atoms with Crippen LogP contribution < -0.4 is 5.69 Å². The number of aryl methyl sites for hydroxylation is 1. The van der Waals surface area contributed by atoms with Crippen LogP contribution in [0.5, 0.6) is 0 Å². The Morgan fingerprint density at radius 3 is 2.64 bits per heavy atom. The molecule has 5 aromatic rings. The number of pyridine rings is 2. The average Bonchev–Trinajstić information content (AvgIpc) is 3.04. The second kappa shape index (κ2) is 5.01. The number of fused-ring (bicyclic) bond motifs is 4. The van der Waals surface area contributed by atoms with E-state index in [0.29, 0.717) is 0 Å². The van der Waals surface area contributed by atoms with Gasteiger partial charge in [-0.15, -0.1) is 0 Å². The fourth-order valence-corrected chi connectivity index (χ4v) is 3.34. The summed E-state index contributed by atoms with van der Waals surface area (Å²) < 4.78 is 0. The first-order valence-electron chi connectivity index (χ1n) is 8.06. The summed E-state index contributed by atoms with van der Waals surface area (Å²) in [7, 11) is 0. The molecule has 3 heterocycles. The Kier molecular flexibility index (Phi) is 2.79. The molecule has 0 radical (unpaired) electrons. The van der Waals surface area contributed by atoms with Crippen LogP contribution in [0.15, 0.2) is 59.5 Å². The van der Waals surface area contributed by atoms with Crippen molar-refractivity contribution >= 4 is 32.8 Å². The summed E-state index contributed by atoms with van der Waals surface area (Å²) in [5.74, 6) is 0. The Morgan fingerprint density at radius 1 is 0.880 bits per heavy atom. The predicted molar refractivity (Wildman–Crippen MR) is 99.7 cm³/mol. The van der Waals surface area contributed by atoms with Gasteiger partial charge in [0.1, 0.15) is 0 Å². The number of H-pyrrole nitrogens is 2. The van der Waals surface area contributed by atoms with E-state index >= 15 is 0 Å². The zero-order chi connectivity index (χ0) is 17.0. The van der Waals surface area contributed by atoms with Gasteiger partial charge in [-0.25, -0.2) is 4.79 Å². The molecule has 0 saturated carbocycles. The molecule has 0 fully saturated rings. The highest BCUT2D eigenvalue weighted by Crippen LogP contribution is 2.29. The van der Waals surface area contributed by atoms with Crippen LogP contribution in [0.25, 0.3) is 44.0 Å². The van der Waals surface area contributed by atoms with Crippen molar-refractivity contribution in [2.45, 2.75) is 6.92 Å². The van der Waals surface area contributed by atoms with E-state index in [2.05, 4.69) is 38.1 Å². The number of aromatic nitrogens is 4. The molecule has 120 valence electrons. The van der Waals surface area contributed by atoms with Crippen LogP contribution >= 0.6 is 0 Å². The molecule has 0 unspecified atom stereocenters. The smallest absolute Gasteiger partial charge is 0.305 e. The predicted octanol–water partition coefficient (Wildman–Crippen LogP) is 3.93. The number of benzene rings is 2. The minimum atomic E-state index is -0.217. The Hall–Kier alpha value is -3.47. The third-order valence-corrected chi connectivity index (χ3v) is 4.57. The molecule has 0 spiro atoms. The normalized spacial score (nSPS) is 11.6. The summed E-state index contributed by atoms with van der Waals surface area (Å²) in [5, 5.41) is 2.02. The van der Waals surface area contributed by atoms with Crippen LogP contribution in [0.3, 0.4) is 0 Å². The van der Waals surface area contributed by atoms with E-state index in [0.717, 1.165) is 49.7 Å². The molecule has 0 amide bonds. The van der Waals surface area contributed by atoms with E-state index in [1.165, 1.54) is 0 Å². The van der Waals surface area contributed by atoms with Gasteiger partial charge in [0, 0.05) is 22.5 Å². The Morgan fingerprint density at radius 2 is 1.72 bits per heavy atom. The van der Waals surface area contributed by atoms with Crippen LogP contribution in [0.1, 0.15) is 5.69 Å². The lowest BCUT2D eigenvalue weighted by atomic mass is 10.0. The van der Waals surface area contributed by atoms with Gasteiger partial charge in [-0.1, -0.05) is 24.3 Å². The van der Waals surface area contributed by atoms with Crippen molar-refractivity contribution in [1.29, 1.82) is 0 Å². The maximum atomic E-state index is 11.7. The van der Waals surface area contributed by atoms with Crippen molar-refractivity contribution in [3.05, 3.63) is 70.9 Å². The van der Waals surface area contributed by atoms with Crippen LogP contribution in [0.4, 0.5) is 0 Å². The third-order valence-electron chi connectivity index (χ3n) is 4.57. The highest BCUT2D eigenvalue weighted by molar-refractivity contribution is 6.04. The highest BCUT2D eigenvalue weighted by Gasteiger charge is 2.10. The number of para-hydroxylation sites is 1. The first kappa shape index (κ1) is 13.9. The quantitative estimate of drug-likeness (QED) is 0.490. The summed E-state index contributed by atoms with van der Waals surface area (Å²) in [4.78, 5) is 26.6. The van der Waals surface area contributed by atoms with Crippen molar-refractivity contribution in [2.24, 2.45) is 0 Å². The monoisotopic (exact) mass is 326 g/mol. The average molecular weight is 326 g/mol. The Balaban J connectivity index is 1.79. The molecular weight excluding hydrogens is 312 g/mol. The Labute approximate surface area is 142 Å². The van der Waals surface area contributed by atoms with Crippen LogP contribution in [-0.2, 0) is 0 Å². The standard InChI is InChI=1S/C20H14N4O/c1-11-18-19(24-20(25)23-18)15-9-12(6-7-17(15)22-11)14-8-13-4-2-3-5-16(13)21-10-14/h2-10H,1H3,(H2,23,24,25). The van der Waals surface area contributed by atoms with Crippen LogP contribution in [-0.4, -0.2) is 19.9 Å². The van der Waals surface area contributed by atoms with Crippen molar-refractivity contribution in [2.75, 3.05) is 0 Å². The number of hydrogen-bond acceptors (Lipinski definition) is 3. The zero-order valence-electron chi connectivity index (χ0n) is 13.5. The van der Waals surface area contributed by atoms with Gasteiger partial charge >= 0.3 is 5.69 Å². The van der Waals surface area contributed by atoms with Gasteiger partial charge in [0.25, 0.3) is 0 Å². The van der Waals surface area contributed by atoms with Gasteiger partial charge in [-0.05, 0) is 36.8 Å². The minimum Gasteiger partial charge on any atom is -0.305 e. The topological polar surface area (TPSA) is 74.4 Å². The molecule has 2 N–H and O–H groups in total. The number of hydrogen-bond donors (Lipinski definition) is 2. The van der Waals surface area contributed by atoms with Crippen molar-refractivity contribution in [1.82, 2.24) is 19.9 Å². The lowest BCUT2D eigenvalue weighted by molar-refractivity contribution is 1.20. The lowest BCUT2D eigenvalue weighted by Gasteiger charge is -2.07. The first-order chi connectivity index (χ1) is 12.2. The third kappa shape index (κ3) is 2.13. The number of nitrogens with zero attached hydrogens (tertiary/aromatic N) is 2. The summed E-state index contributed by atoms with van der Waals surface area (Å²) in [6.07, 6.45) is 1.88. The Bertz CT molecular complexity index is 1330. The summed E-state index contributed by atoms with van der Waals surface area (Å²) in [6, 6.07) is 16.3. The maximum Gasteiger partial charge on any atom is 0.323 e. The first-order valence-corrected chi connectivity index (χ1v) is 8.06. The van der Waals surface area contributed by atoms with E-state index in [4.69, 9.17) is 0 Å². The molecule has 5 heteroatoms. The molecule has 3 aromatic heterocycles. The van der Waals surface area contributed by atoms with Gasteiger partial charge < -0.3 is 9.97 Å². The fraction of sp³-hybridized carbons (Fsp3) is 0.0500. The van der Waals surface area contributed by atoms with Gasteiger partial charge in [-0.3, -0.25) is 9.97 Å². The number of rotatable bonds is 1. The molecule has 0 atom stereocenters. The molecule has 0 aliphatic heterocycles. The molecule has 5 nitrogen and oxygen atoms in total. The van der Waals surface area contributed by atoms with Crippen LogP contribution in [0.2, 0.25) is 0 Å². The van der Waals surface area contributed by atoms with Gasteiger partial charge in [0.2, 0.25) is 0 Å². The molecular formula is C20H14N4O. The summed E-state index contributed by atoms with van der Waals surface area (Å²) in [6.45, 7) is 1.90. The summed E-state index contributed by atoms with van der Waals surface area (Å²) in [5.41, 5.74) is 6.05. The SMILES string of the molecule is Cc1nc2ccc(-c3cnc4ccccc4c3)cc2c2[nH]c(=O)[nH]c12. The minimum absolute atomic E-state index is 0.217. The number of aromatic amines is 2. The van der Waals surface area contributed by atoms with E-state index in [-0.39, 0.29) is 5.69 Å². The second-order valence-electron chi connectivity index (χ2n) is 6.17.